The summed E-state index contributed by atoms with van der Waals surface area (Å²) in [5.74, 6) is 0.520. The molecule has 0 aliphatic heterocycles. The van der Waals surface area contributed by atoms with E-state index in [0.29, 0.717) is 17.5 Å². The van der Waals surface area contributed by atoms with Crippen molar-refractivity contribution in [1.29, 1.82) is 0 Å². The van der Waals surface area contributed by atoms with Gasteiger partial charge in [-0.3, -0.25) is 4.79 Å². The number of nitrogens with zero attached hydrogens (tertiary/aromatic N) is 3. The molecule has 0 aliphatic rings. The van der Waals surface area contributed by atoms with E-state index in [1.54, 1.807) is 24.4 Å². The minimum Gasteiger partial charge on any atom is -0.368 e. The minimum atomic E-state index is -4.50. The average molecular weight is 340 g/mol. The standard InChI is InChI=1S/C14H15F3N6O/c15-14(16,17)8-13(24)20-6-5-19-11-7-12(22-9-21-11)23-10-3-1-2-4-18-10/h1-4,7,9H,5-6,8H2,(H,20,24)(H2,18,19,21,22,23). The maximum atomic E-state index is 12.0. The molecule has 0 radical (unpaired) electrons. The molecule has 0 unspecified atom stereocenters. The molecule has 2 heterocycles. The van der Waals surface area contributed by atoms with Crippen LogP contribution < -0.4 is 16.0 Å². The first kappa shape index (κ1) is 17.4. The molecule has 0 saturated carbocycles. The Morgan fingerprint density at radius 3 is 2.54 bits per heavy atom. The summed E-state index contributed by atoms with van der Waals surface area (Å²) in [7, 11) is 0. The van der Waals surface area contributed by atoms with Crippen LogP contribution in [-0.2, 0) is 4.79 Å². The zero-order valence-electron chi connectivity index (χ0n) is 12.5. The molecule has 0 spiro atoms. The Balaban J connectivity index is 1.77. The number of amides is 1. The molecule has 0 aliphatic carbocycles. The molecule has 24 heavy (non-hydrogen) atoms. The Morgan fingerprint density at radius 1 is 1.04 bits per heavy atom. The largest absolute Gasteiger partial charge is 0.397 e. The summed E-state index contributed by atoms with van der Waals surface area (Å²) < 4.78 is 36.0. The van der Waals surface area contributed by atoms with Gasteiger partial charge in [-0.25, -0.2) is 15.0 Å². The van der Waals surface area contributed by atoms with Crippen LogP contribution in [0.5, 0.6) is 0 Å². The van der Waals surface area contributed by atoms with Crippen LogP contribution in [0, 0.1) is 0 Å². The van der Waals surface area contributed by atoms with Gasteiger partial charge in [-0.2, -0.15) is 13.2 Å². The molecular weight excluding hydrogens is 325 g/mol. The summed E-state index contributed by atoms with van der Waals surface area (Å²) in [6.45, 7) is 0.269. The highest BCUT2D eigenvalue weighted by Crippen LogP contribution is 2.18. The molecular formula is C14H15F3N6O. The third-order valence-electron chi connectivity index (χ3n) is 2.70. The van der Waals surface area contributed by atoms with Gasteiger partial charge < -0.3 is 16.0 Å². The number of rotatable bonds is 7. The van der Waals surface area contributed by atoms with Gasteiger partial charge in [0.2, 0.25) is 5.91 Å². The summed E-state index contributed by atoms with van der Waals surface area (Å²) in [4.78, 5) is 23.1. The fourth-order valence-electron chi connectivity index (χ4n) is 1.73. The first-order valence-electron chi connectivity index (χ1n) is 7.00. The summed E-state index contributed by atoms with van der Waals surface area (Å²) in [6.07, 6.45) is -3.03. The molecule has 0 bridgehead atoms. The van der Waals surface area contributed by atoms with Crippen molar-refractivity contribution in [3.63, 3.8) is 0 Å². The molecule has 1 amide bonds. The van der Waals surface area contributed by atoms with Crippen LogP contribution >= 0.6 is 0 Å². The molecule has 2 rings (SSSR count). The Hall–Kier alpha value is -2.91. The number of carbonyl (C=O) groups excluding carboxylic acids is 1. The summed E-state index contributed by atoms with van der Waals surface area (Å²) in [5.41, 5.74) is 0. The second-order valence-corrected chi connectivity index (χ2v) is 4.70. The third kappa shape index (κ3) is 6.46. The van der Waals surface area contributed by atoms with Crippen molar-refractivity contribution in [2.24, 2.45) is 0 Å². The Morgan fingerprint density at radius 2 is 1.83 bits per heavy atom. The van der Waals surface area contributed by atoms with E-state index >= 15 is 0 Å². The van der Waals surface area contributed by atoms with Crippen LogP contribution in [0.1, 0.15) is 6.42 Å². The van der Waals surface area contributed by atoms with Gasteiger partial charge >= 0.3 is 6.18 Å². The van der Waals surface area contributed by atoms with E-state index in [0.717, 1.165) is 0 Å². The highest BCUT2D eigenvalue weighted by Gasteiger charge is 2.30. The summed E-state index contributed by atoms with van der Waals surface area (Å²) in [5, 5.41) is 8.04. The molecule has 128 valence electrons. The van der Waals surface area contributed by atoms with Crippen molar-refractivity contribution in [3.05, 3.63) is 36.8 Å². The molecule has 2 aromatic rings. The Kier molecular flexibility index (Phi) is 5.88. The number of aromatic nitrogens is 3. The molecule has 0 fully saturated rings. The number of hydrogen-bond donors (Lipinski definition) is 3. The molecule has 0 aromatic carbocycles. The van der Waals surface area contributed by atoms with Crippen LogP contribution in [0.4, 0.5) is 30.6 Å². The quantitative estimate of drug-likeness (QED) is 0.669. The molecule has 10 heteroatoms. The minimum absolute atomic E-state index is 0.0436. The van der Waals surface area contributed by atoms with Gasteiger partial charge in [0.1, 0.15) is 30.2 Å². The maximum absolute atomic E-state index is 12.0. The van der Waals surface area contributed by atoms with E-state index < -0.39 is 18.5 Å². The van der Waals surface area contributed by atoms with Gasteiger partial charge in [0.25, 0.3) is 0 Å². The van der Waals surface area contributed by atoms with Gasteiger partial charge in [-0.05, 0) is 12.1 Å². The van der Waals surface area contributed by atoms with E-state index in [-0.39, 0.29) is 13.1 Å². The summed E-state index contributed by atoms with van der Waals surface area (Å²) in [6, 6.07) is 6.99. The van der Waals surface area contributed by atoms with E-state index in [1.165, 1.54) is 6.33 Å². The van der Waals surface area contributed by atoms with Gasteiger partial charge in [-0.1, -0.05) is 6.07 Å². The maximum Gasteiger partial charge on any atom is 0.397 e. The van der Waals surface area contributed by atoms with Crippen molar-refractivity contribution in [2.75, 3.05) is 23.7 Å². The fourth-order valence-corrected chi connectivity index (χ4v) is 1.73. The zero-order valence-corrected chi connectivity index (χ0v) is 12.5. The number of pyridine rings is 1. The van der Waals surface area contributed by atoms with Crippen molar-refractivity contribution in [3.8, 4) is 0 Å². The van der Waals surface area contributed by atoms with E-state index in [1.807, 2.05) is 6.07 Å². The van der Waals surface area contributed by atoms with Gasteiger partial charge in [-0.15, -0.1) is 0 Å². The molecule has 0 atom stereocenters. The molecule has 0 saturated heterocycles. The van der Waals surface area contributed by atoms with Crippen LogP contribution in [0.2, 0.25) is 0 Å². The lowest BCUT2D eigenvalue weighted by Crippen LogP contribution is -2.32. The molecule has 3 N–H and O–H groups in total. The van der Waals surface area contributed by atoms with E-state index in [4.69, 9.17) is 0 Å². The van der Waals surface area contributed by atoms with Crippen LogP contribution in [0.3, 0.4) is 0 Å². The average Bonchev–Trinajstić information content (AvgIpc) is 2.51. The number of hydrogen-bond acceptors (Lipinski definition) is 6. The number of carbonyl (C=O) groups is 1. The molecule has 7 nitrogen and oxygen atoms in total. The monoisotopic (exact) mass is 340 g/mol. The highest BCUT2D eigenvalue weighted by molar-refractivity contribution is 5.76. The predicted molar refractivity (Wildman–Crippen MR) is 81.7 cm³/mol. The van der Waals surface area contributed by atoms with Gasteiger partial charge in [0.05, 0.1) is 0 Å². The number of anilines is 3. The van der Waals surface area contributed by atoms with Crippen LogP contribution in [-0.4, -0.2) is 40.1 Å². The summed E-state index contributed by atoms with van der Waals surface area (Å²) >= 11 is 0. The lowest BCUT2D eigenvalue weighted by atomic mass is 10.4. The number of halogens is 3. The van der Waals surface area contributed by atoms with Crippen molar-refractivity contribution < 1.29 is 18.0 Å². The zero-order chi connectivity index (χ0) is 17.4. The van der Waals surface area contributed by atoms with E-state index in [2.05, 4.69) is 30.9 Å². The van der Waals surface area contributed by atoms with E-state index in [9.17, 15) is 18.0 Å². The van der Waals surface area contributed by atoms with Crippen LogP contribution in [0.15, 0.2) is 36.8 Å². The third-order valence-corrected chi connectivity index (χ3v) is 2.70. The Labute approximate surface area is 135 Å². The van der Waals surface area contributed by atoms with Crippen molar-refractivity contribution in [2.45, 2.75) is 12.6 Å². The smallest absolute Gasteiger partial charge is 0.368 e. The van der Waals surface area contributed by atoms with Crippen molar-refractivity contribution in [1.82, 2.24) is 20.3 Å². The normalized spacial score (nSPS) is 11.0. The lowest BCUT2D eigenvalue weighted by molar-refractivity contribution is -0.153. The predicted octanol–water partition coefficient (Wildman–Crippen LogP) is 2.10. The Bertz CT molecular complexity index is 665. The lowest BCUT2D eigenvalue weighted by Gasteiger charge is -2.10. The number of alkyl halides is 3. The van der Waals surface area contributed by atoms with Gasteiger partial charge in [0.15, 0.2) is 0 Å². The second kappa shape index (κ2) is 8.09. The second-order valence-electron chi connectivity index (χ2n) is 4.70. The molecule has 2 aromatic heterocycles. The van der Waals surface area contributed by atoms with Crippen LogP contribution in [0.25, 0.3) is 0 Å². The topological polar surface area (TPSA) is 91.8 Å². The van der Waals surface area contributed by atoms with Gasteiger partial charge in [0, 0.05) is 25.4 Å². The van der Waals surface area contributed by atoms with Crippen molar-refractivity contribution >= 4 is 23.4 Å². The first-order chi connectivity index (χ1) is 11.4. The highest BCUT2D eigenvalue weighted by atomic mass is 19.4. The number of nitrogens with one attached hydrogen (secondary N) is 3. The SMILES string of the molecule is O=C(CC(F)(F)F)NCCNc1cc(Nc2ccccn2)ncn1. The fraction of sp³-hybridized carbons (Fsp3) is 0.286. The first-order valence-corrected chi connectivity index (χ1v) is 7.00.